The second-order valence-corrected chi connectivity index (χ2v) is 9.40. The Bertz CT molecular complexity index is 803. The van der Waals surface area contributed by atoms with Crippen molar-refractivity contribution in [3.63, 3.8) is 0 Å². The minimum atomic E-state index is -0.508. The molecule has 0 unspecified atom stereocenters. The van der Waals surface area contributed by atoms with Crippen LogP contribution in [0.25, 0.3) is 6.08 Å². The summed E-state index contributed by atoms with van der Waals surface area (Å²) < 4.78 is 0. The monoisotopic (exact) mass is 393 g/mol. The van der Waals surface area contributed by atoms with Crippen LogP contribution < -0.4 is 15.5 Å². The Morgan fingerprint density at radius 3 is 1.90 bits per heavy atom. The van der Waals surface area contributed by atoms with Crippen molar-refractivity contribution >= 4 is 23.6 Å². The van der Waals surface area contributed by atoms with Gasteiger partial charge in [0, 0.05) is 30.6 Å². The molecule has 2 N–H and O–H groups in total. The molecule has 1 aliphatic heterocycles. The summed E-state index contributed by atoms with van der Waals surface area (Å²) in [7, 11) is 0. The molecule has 5 aliphatic rings. The molecule has 4 bridgehead atoms. The Morgan fingerprint density at radius 2 is 1.41 bits per heavy atom. The maximum Gasteiger partial charge on any atom is 0.258 e. The van der Waals surface area contributed by atoms with Crippen molar-refractivity contribution in [2.75, 3.05) is 18.0 Å². The molecule has 5 fully saturated rings. The molecule has 1 aromatic carbocycles. The largest absolute Gasteiger partial charge is 0.372 e. The fourth-order valence-electron chi connectivity index (χ4n) is 6.65. The molecule has 1 spiro atoms. The maximum absolute atomic E-state index is 13.0. The molecule has 1 heterocycles. The fraction of sp³-hybridized carbons (Fsp3) is 0.583. The van der Waals surface area contributed by atoms with E-state index in [1.807, 2.05) is 12.1 Å². The predicted molar refractivity (Wildman–Crippen MR) is 114 cm³/mol. The summed E-state index contributed by atoms with van der Waals surface area (Å²) >= 11 is 0. The molecule has 4 aliphatic carbocycles. The minimum absolute atomic E-state index is 0.214. The summed E-state index contributed by atoms with van der Waals surface area (Å²) in [6, 6.07) is 8.07. The van der Waals surface area contributed by atoms with Crippen molar-refractivity contribution in [2.45, 2.75) is 51.6 Å². The van der Waals surface area contributed by atoms with E-state index in [1.165, 1.54) is 6.42 Å². The molecule has 1 aromatic rings. The zero-order valence-corrected chi connectivity index (χ0v) is 17.4. The molecule has 1 saturated heterocycles. The number of rotatable bonds is 4. The Hall–Kier alpha value is -2.30. The molecule has 5 nitrogen and oxygen atoms in total. The van der Waals surface area contributed by atoms with E-state index < -0.39 is 5.66 Å². The molecule has 2 amide bonds. The van der Waals surface area contributed by atoms with Gasteiger partial charge in [-0.3, -0.25) is 9.59 Å². The minimum Gasteiger partial charge on any atom is -0.372 e. The van der Waals surface area contributed by atoms with E-state index in [0.29, 0.717) is 11.8 Å². The third-order valence-corrected chi connectivity index (χ3v) is 7.89. The average molecular weight is 394 g/mol. The first-order valence-corrected chi connectivity index (χ1v) is 11.2. The van der Waals surface area contributed by atoms with Crippen LogP contribution in [0.15, 0.2) is 29.8 Å². The highest BCUT2D eigenvalue weighted by atomic mass is 16.2. The van der Waals surface area contributed by atoms with E-state index in [1.54, 1.807) is 6.08 Å². The van der Waals surface area contributed by atoms with Gasteiger partial charge in [0.05, 0.1) is 0 Å². The molecule has 5 heteroatoms. The van der Waals surface area contributed by atoms with Crippen LogP contribution >= 0.6 is 0 Å². The Morgan fingerprint density at radius 1 is 0.897 bits per heavy atom. The van der Waals surface area contributed by atoms with Gasteiger partial charge in [-0.15, -0.1) is 0 Å². The average Bonchev–Trinajstić information content (AvgIpc) is 2.70. The Labute approximate surface area is 172 Å². The van der Waals surface area contributed by atoms with Crippen LogP contribution in [0.5, 0.6) is 0 Å². The standard InChI is InChI=1S/C24H31N3O2/c1-3-27(4-2)20-7-5-15(6-8-20)14-21-22(28)25-24(26-23(21)29)18-10-16-9-17(12-18)13-19(24)11-16/h5-8,14,16-19H,3-4,9-13H2,1-2H3,(H,25,28)(H,26,29). The second-order valence-electron chi connectivity index (χ2n) is 9.40. The number of carbonyl (C=O) groups is 2. The first-order chi connectivity index (χ1) is 14.0. The van der Waals surface area contributed by atoms with Gasteiger partial charge < -0.3 is 15.5 Å². The first-order valence-electron chi connectivity index (χ1n) is 11.2. The van der Waals surface area contributed by atoms with Gasteiger partial charge in [0.2, 0.25) is 0 Å². The molecular weight excluding hydrogens is 362 g/mol. The fourth-order valence-corrected chi connectivity index (χ4v) is 6.65. The van der Waals surface area contributed by atoms with Gasteiger partial charge in [0.15, 0.2) is 0 Å². The summed E-state index contributed by atoms with van der Waals surface area (Å²) in [4.78, 5) is 28.3. The lowest BCUT2D eigenvalue weighted by atomic mass is 9.51. The van der Waals surface area contributed by atoms with Crippen molar-refractivity contribution < 1.29 is 9.59 Å². The van der Waals surface area contributed by atoms with Gasteiger partial charge in [-0.25, -0.2) is 0 Å². The normalized spacial score (nSPS) is 34.9. The number of anilines is 1. The van der Waals surface area contributed by atoms with Gasteiger partial charge in [0.25, 0.3) is 11.8 Å². The van der Waals surface area contributed by atoms with Crippen LogP contribution in [0, 0.1) is 23.7 Å². The van der Waals surface area contributed by atoms with Crippen LogP contribution in [-0.2, 0) is 9.59 Å². The number of nitrogens with one attached hydrogen (secondary N) is 2. The van der Waals surface area contributed by atoms with Crippen LogP contribution in [0.3, 0.4) is 0 Å². The van der Waals surface area contributed by atoms with Crippen molar-refractivity contribution in [2.24, 2.45) is 23.7 Å². The smallest absolute Gasteiger partial charge is 0.258 e. The lowest BCUT2D eigenvalue weighted by molar-refractivity contribution is -0.147. The van der Waals surface area contributed by atoms with E-state index in [9.17, 15) is 9.59 Å². The third kappa shape index (κ3) is 2.97. The summed E-state index contributed by atoms with van der Waals surface area (Å²) in [6.07, 6.45) is 7.62. The molecule has 154 valence electrons. The molecule has 6 rings (SSSR count). The predicted octanol–water partition coefficient (Wildman–Crippen LogP) is 3.31. The van der Waals surface area contributed by atoms with Gasteiger partial charge in [-0.1, -0.05) is 12.1 Å². The van der Waals surface area contributed by atoms with Crippen LogP contribution in [0.4, 0.5) is 5.69 Å². The van der Waals surface area contributed by atoms with E-state index in [4.69, 9.17) is 0 Å². The van der Waals surface area contributed by atoms with Crippen LogP contribution in [-0.4, -0.2) is 30.6 Å². The van der Waals surface area contributed by atoms with Crippen LogP contribution in [0.1, 0.15) is 51.5 Å². The van der Waals surface area contributed by atoms with Gasteiger partial charge >= 0.3 is 0 Å². The molecular formula is C24H31N3O2. The highest BCUT2D eigenvalue weighted by Crippen LogP contribution is 2.57. The lowest BCUT2D eigenvalue weighted by Gasteiger charge is -2.62. The number of nitrogens with zero attached hydrogens (tertiary/aromatic N) is 1. The molecule has 0 radical (unpaired) electrons. The number of hydrogen-bond acceptors (Lipinski definition) is 3. The van der Waals surface area contributed by atoms with Gasteiger partial charge in [-0.05, 0) is 81.6 Å². The molecule has 0 atom stereocenters. The van der Waals surface area contributed by atoms with Crippen molar-refractivity contribution in [1.29, 1.82) is 0 Å². The number of carbonyl (C=O) groups excluding carboxylic acids is 2. The topological polar surface area (TPSA) is 61.4 Å². The van der Waals surface area contributed by atoms with E-state index in [2.05, 4.69) is 41.5 Å². The zero-order chi connectivity index (χ0) is 20.2. The summed E-state index contributed by atoms with van der Waals surface area (Å²) in [5.74, 6) is 1.93. The summed E-state index contributed by atoms with van der Waals surface area (Å²) in [5, 5.41) is 6.55. The van der Waals surface area contributed by atoms with Crippen molar-refractivity contribution in [3.8, 4) is 0 Å². The first kappa shape index (κ1) is 18.7. The zero-order valence-electron chi connectivity index (χ0n) is 17.4. The lowest BCUT2D eigenvalue weighted by Crippen LogP contribution is -2.76. The number of hydrogen-bond donors (Lipinski definition) is 2. The summed E-state index contributed by atoms with van der Waals surface area (Å²) in [6.45, 7) is 6.17. The SMILES string of the molecule is CCN(CC)c1ccc(C=C2C(=O)NC3(NC2=O)C2CC4CC(C2)CC3C4)cc1. The van der Waals surface area contributed by atoms with E-state index >= 15 is 0 Å². The molecule has 0 aromatic heterocycles. The highest BCUT2D eigenvalue weighted by Gasteiger charge is 2.60. The maximum atomic E-state index is 13.0. The molecule has 4 saturated carbocycles. The van der Waals surface area contributed by atoms with Crippen molar-refractivity contribution in [3.05, 3.63) is 35.4 Å². The van der Waals surface area contributed by atoms with E-state index in [0.717, 1.165) is 61.9 Å². The summed E-state index contributed by atoms with van der Waals surface area (Å²) in [5.41, 5.74) is 1.75. The van der Waals surface area contributed by atoms with Crippen LogP contribution in [0.2, 0.25) is 0 Å². The quantitative estimate of drug-likeness (QED) is 0.609. The van der Waals surface area contributed by atoms with Gasteiger partial charge in [-0.2, -0.15) is 0 Å². The molecule has 29 heavy (non-hydrogen) atoms. The highest BCUT2D eigenvalue weighted by molar-refractivity contribution is 6.23. The van der Waals surface area contributed by atoms with Crippen molar-refractivity contribution in [1.82, 2.24) is 10.6 Å². The Kier molecular flexibility index (Phi) is 4.45. The van der Waals surface area contributed by atoms with Gasteiger partial charge in [0.1, 0.15) is 11.2 Å². The third-order valence-electron chi connectivity index (χ3n) is 7.89. The second kappa shape index (κ2) is 6.89. The Balaban J connectivity index is 1.37. The van der Waals surface area contributed by atoms with E-state index in [-0.39, 0.29) is 17.4 Å². The number of amides is 2. The number of benzene rings is 1.